The van der Waals surface area contributed by atoms with Gasteiger partial charge in [0.25, 0.3) is 0 Å². The Bertz CT molecular complexity index is 211. The molecule has 1 heterocycles. The molecule has 0 saturated carbocycles. The van der Waals surface area contributed by atoms with Gasteiger partial charge in [-0.15, -0.1) is 0 Å². The van der Waals surface area contributed by atoms with Gasteiger partial charge in [0.2, 0.25) is 0 Å². The molecule has 1 fully saturated rings. The lowest BCUT2D eigenvalue weighted by Gasteiger charge is -2.15. The molecule has 1 rings (SSSR count). The molecule has 0 aromatic carbocycles. The van der Waals surface area contributed by atoms with Crippen molar-refractivity contribution in [1.82, 2.24) is 4.90 Å². The van der Waals surface area contributed by atoms with E-state index in [-0.39, 0.29) is 12.0 Å². The fourth-order valence-electron chi connectivity index (χ4n) is 1.63. The van der Waals surface area contributed by atoms with Crippen molar-refractivity contribution in [3.8, 4) is 0 Å². The smallest absolute Gasteiger partial charge is 0.409 e. The highest BCUT2D eigenvalue weighted by atomic mass is 16.6. The topological polar surface area (TPSA) is 75.8 Å². The maximum absolute atomic E-state index is 11.5. The number of aliphatic hydroxyl groups is 1. The number of carbonyl (C=O) groups excluding carboxylic acids is 1. The van der Waals surface area contributed by atoms with Crippen LogP contribution in [0.1, 0.15) is 19.8 Å². The molecular weight excluding hydrogens is 196 g/mol. The number of nitrogens with zero attached hydrogens (tertiary/aromatic N) is 1. The first-order valence-electron chi connectivity index (χ1n) is 5.48. The minimum absolute atomic E-state index is 0.0104. The van der Waals surface area contributed by atoms with Crippen LogP contribution in [0.25, 0.3) is 0 Å². The number of hydrogen-bond acceptors (Lipinski definition) is 4. The van der Waals surface area contributed by atoms with Crippen molar-refractivity contribution in [1.29, 1.82) is 0 Å². The third kappa shape index (κ3) is 3.35. The quantitative estimate of drug-likeness (QED) is 0.657. The molecule has 1 aliphatic rings. The van der Waals surface area contributed by atoms with Gasteiger partial charge in [0, 0.05) is 12.5 Å². The second-order valence-electron chi connectivity index (χ2n) is 3.94. The molecule has 0 spiro atoms. The lowest BCUT2D eigenvalue weighted by Crippen LogP contribution is -2.30. The molecule has 0 bridgehead atoms. The Morgan fingerprint density at radius 3 is 2.87 bits per heavy atom. The molecule has 1 amide bonds. The zero-order valence-electron chi connectivity index (χ0n) is 9.19. The van der Waals surface area contributed by atoms with Crippen LogP contribution in [0.3, 0.4) is 0 Å². The monoisotopic (exact) mass is 216 g/mol. The van der Waals surface area contributed by atoms with Crippen molar-refractivity contribution >= 4 is 6.09 Å². The molecule has 1 aliphatic heterocycles. The van der Waals surface area contributed by atoms with Crippen LogP contribution in [0.5, 0.6) is 0 Å². The Morgan fingerprint density at radius 1 is 1.60 bits per heavy atom. The van der Waals surface area contributed by atoms with Crippen molar-refractivity contribution in [3.05, 3.63) is 0 Å². The van der Waals surface area contributed by atoms with E-state index in [9.17, 15) is 9.90 Å². The summed E-state index contributed by atoms with van der Waals surface area (Å²) in [7, 11) is 0. The molecule has 2 atom stereocenters. The highest BCUT2D eigenvalue weighted by molar-refractivity contribution is 5.68. The summed E-state index contributed by atoms with van der Waals surface area (Å²) in [5.41, 5.74) is 5.47. The first-order valence-corrected chi connectivity index (χ1v) is 5.48. The van der Waals surface area contributed by atoms with Crippen LogP contribution >= 0.6 is 0 Å². The normalized spacial score (nSPS) is 25.7. The van der Waals surface area contributed by atoms with Gasteiger partial charge in [0.1, 0.15) is 0 Å². The van der Waals surface area contributed by atoms with E-state index in [1.165, 1.54) is 4.90 Å². The molecule has 0 radical (unpaired) electrons. The molecular formula is C10H20N2O3. The number of aliphatic hydroxyl groups excluding tert-OH is 1. The van der Waals surface area contributed by atoms with Gasteiger partial charge in [0.05, 0.1) is 19.3 Å². The molecule has 5 heteroatoms. The summed E-state index contributed by atoms with van der Waals surface area (Å²) < 4.78 is 5.04. The Balaban J connectivity index is 2.29. The average Bonchev–Trinajstić information content (AvgIpc) is 2.60. The number of amides is 1. The number of nitrogens with two attached hydrogens (primary N) is 1. The van der Waals surface area contributed by atoms with Crippen LogP contribution in [-0.2, 0) is 4.74 Å². The number of unbranched alkanes of at least 4 members (excludes halogenated alkanes) is 1. The van der Waals surface area contributed by atoms with Gasteiger partial charge < -0.3 is 20.5 Å². The van der Waals surface area contributed by atoms with Crippen LogP contribution < -0.4 is 5.73 Å². The maximum Gasteiger partial charge on any atom is 0.409 e. The van der Waals surface area contributed by atoms with Crippen LogP contribution in [0.4, 0.5) is 4.79 Å². The lowest BCUT2D eigenvalue weighted by molar-refractivity contribution is 0.101. The number of carbonyl (C=O) groups is 1. The fraction of sp³-hybridized carbons (Fsp3) is 0.900. The van der Waals surface area contributed by atoms with Crippen molar-refractivity contribution in [2.24, 2.45) is 11.7 Å². The summed E-state index contributed by atoms with van der Waals surface area (Å²) in [6, 6.07) is 0. The number of ether oxygens (including phenoxy) is 1. The lowest BCUT2D eigenvalue weighted by atomic mass is 10.1. The molecule has 3 N–H and O–H groups in total. The van der Waals surface area contributed by atoms with E-state index in [1.807, 2.05) is 6.92 Å². The molecule has 1 saturated heterocycles. The summed E-state index contributed by atoms with van der Waals surface area (Å²) in [5.74, 6) is -0.0104. The summed E-state index contributed by atoms with van der Waals surface area (Å²) >= 11 is 0. The standard InChI is InChI=1S/C10H20N2O3/c1-2-3-4-15-10(14)12-6-8(5-11)9(13)7-12/h8-9,13H,2-7,11H2,1H3/t8-,9-/m1/s1. The van der Waals surface area contributed by atoms with E-state index >= 15 is 0 Å². The van der Waals surface area contributed by atoms with E-state index in [2.05, 4.69) is 0 Å². The average molecular weight is 216 g/mol. The molecule has 15 heavy (non-hydrogen) atoms. The maximum atomic E-state index is 11.5. The Morgan fingerprint density at radius 2 is 2.33 bits per heavy atom. The van der Waals surface area contributed by atoms with Gasteiger partial charge in [0.15, 0.2) is 0 Å². The van der Waals surface area contributed by atoms with Crippen LogP contribution in [0, 0.1) is 5.92 Å². The predicted molar refractivity (Wildman–Crippen MR) is 56.4 cm³/mol. The van der Waals surface area contributed by atoms with Crippen molar-refractivity contribution in [3.63, 3.8) is 0 Å². The Kier molecular flexibility index (Phi) is 4.84. The minimum Gasteiger partial charge on any atom is -0.449 e. The highest BCUT2D eigenvalue weighted by Gasteiger charge is 2.33. The van der Waals surface area contributed by atoms with Crippen LogP contribution in [-0.4, -0.2) is 48.4 Å². The summed E-state index contributed by atoms with van der Waals surface area (Å²) in [5, 5.41) is 9.55. The van der Waals surface area contributed by atoms with Crippen LogP contribution in [0.2, 0.25) is 0 Å². The van der Waals surface area contributed by atoms with Gasteiger partial charge >= 0.3 is 6.09 Å². The largest absolute Gasteiger partial charge is 0.449 e. The Hall–Kier alpha value is -0.810. The number of likely N-dealkylation sites (tertiary alicyclic amines) is 1. The number of rotatable bonds is 4. The summed E-state index contributed by atoms with van der Waals surface area (Å²) in [6.45, 7) is 3.74. The Labute approximate surface area is 90.2 Å². The van der Waals surface area contributed by atoms with Crippen molar-refractivity contribution < 1.29 is 14.6 Å². The fourth-order valence-corrected chi connectivity index (χ4v) is 1.63. The van der Waals surface area contributed by atoms with E-state index in [0.29, 0.717) is 26.2 Å². The SMILES string of the molecule is CCCCOC(=O)N1C[C@@H](CN)[C@H](O)C1. The first kappa shape index (κ1) is 12.3. The van der Waals surface area contributed by atoms with Gasteiger partial charge in [-0.3, -0.25) is 0 Å². The minimum atomic E-state index is -0.506. The third-order valence-electron chi connectivity index (χ3n) is 2.69. The van der Waals surface area contributed by atoms with Gasteiger partial charge in [-0.25, -0.2) is 4.79 Å². The van der Waals surface area contributed by atoms with Crippen molar-refractivity contribution in [2.75, 3.05) is 26.2 Å². The highest BCUT2D eigenvalue weighted by Crippen LogP contribution is 2.16. The van der Waals surface area contributed by atoms with E-state index in [0.717, 1.165) is 12.8 Å². The molecule has 0 aromatic rings. The second-order valence-corrected chi connectivity index (χ2v) is 3.94. The molecule has 0 unspecified atom stereocenters. The zero-order valence-corrected chi connectivity index (χ0v) is 9.19. The summed E-state index contributed by atoms with van der Waals surface area (Å²) in [4.78, 5) is 13.0. The van der Waals surface area contributed by atoms with Crippen molar-refractivity contribution in [2.45, 2.75) is 25.9 Å². The molecule has 0 aliphatic carbocycles. The van der Waals surface area contributed by atoms with Gasteiger partial charge in [-0.05, 0) is 13.0 Å². The second kappa shape index (κ2) is 5.92. The number of hydrogen-bond donors (Lipinski definition) is 2. The zero-order chi connectivity index (χ0) is 11.3. The van der Waals surface area contributed by atoms with E-state index in [4.69, 9.17) is 10.5 Å². The predicted octanol–water partition coefficient (Wildman–Crippen LogP) is 0.175. The van der Waals surface area contributed by atoms with E-state index < -0.39 is 6.10 Å². The van der Waals surface area contributed by atoms with Gasteiger partial charge in [-0.2, -0.15) is 0 Å². The van der Waals surface area contributed by atoms with Gasteiger partial charge in [-0.1, -0.05) is 13.3 Å². The number of β-amino-alcohol motifs (C(OH)–C–C–N with tert-alkyl or cyclic N) is 1. The molecule has 0 aromatic heterocycles. The third-order valence-corrected chi connectivity index (χ3v) is 2.69. The first-order chi connectivity index (χ1) is 7.19. The molecule has 88 valence electrons. The van der Waals surface area contributed by atoms with E-state index in [1.54, 1.807) is 0 Å². The van der Waals surface area contributed by atoms with Crippen LogP contribution in [0.15, 0.2) is 0 Å². The molecule has 5 nitrogen and oxygen atoms in total. The summed E-state index contributed by atoms with van der Waals surface area (Å²) in [6.07, 6.45) is 1.04.